The standard InChI is InChI=1S/C15H21N5O2S2.HI/c1-10-14(23-11(2)20-10)9-19-15(17-3)18-8-12-4-6-13(7-5-12)24(16,21)22;/h4-7H,8-9H2,1-3H3,(H2,16,21,22)(H2,17,18,19);1H. The molecule has 0 amide bonds. The number of sulfonamides is 1. The number of nitrogens with two attached hydrogens (primary N) is 1. The first-order valence-electron chi connectivity index (χ1n) is 7.29. The highest BCUT2D eigenvalue weighted by atomic mass is 127. The van der Waals surface area contributed by atoms with Gasteiger partial charge in [0.1, 0.15) is 0 Å². The van der Waals surface area contributed by atoms with Gasteiger partial charge >= 0.3 is 0 Å². The number of primary sulfonamides is 1. The van der Waals surface area contributed by atoms with Crippen LogP contribution in [-0.4, -0.2) is 26.4 Å². The maximum Gasteiger partial charge on any atom is 0.238 e. The van der Waals surface area contributed by atoms with Gasteiger partial charge in [0.15, 0.2) is 5.96 Å². The minimum absolute atomic E-state index is 0. The SMILES string of the molecule is CN=C(NCc1ccc(S(N)(=O)=O)cc1)NCc1sc(C)nc1C.I. The molecule has 0 spiro atoms. The third-order valence-corrected chi connectivity index (χ3v) is 5.35. The van der Waals surface area contributed by atoms with E-state index in [2.05, 4.69) is 20.6 Å². The van der Waals surface area contributed by atoms with Crippen LogP contribution in [0.1, 0.15) is 21.1 Å². The summed E-state index contributed by atoms with van der Waals surface area (Å²) >= 11 is 1.66. The Morgan fingerprint density at radius 2 is 1.80 bits per heavy atom. The molecule has 0 atom stereocenters. The molecule has 0 bridgehead atoms. The molecule has 0 radical (unpaired) electrons. The van der Waals surface area contributed by atoms with E-state index in [4.69, 9.17) is 5.14 Å². The van der Waals surface area contributed by atoms with Gasteiger partial charge in [-0.1, -0.05) is 12.1 Å². The molecule has 25 heavy (non-hydrogen) atoms. The maximum absolute atomic E-state index is 11.2. The van der Waals surface area contributed by atoms with Crippen molar-refractivity contribution >= 4 is 51.3 Å². The average molecular weight is 495 g/mol. The molecule has 4 N–H and O–H groups in total. The van der Waals surface area contributed by atoms with Gasteiger partial charge in [-0.15, -0.1) is 35.3 Å². The lowest BCUT2D eigenvalue weighted by Crippen LogP contribution is -2.36. The summed E-state index contributed by atoms with van der Waals surface area (Å²) in [4.78, 5) is 9.85. The van der Waals surface area contributed by atoms with Crippen LogP contribution in [0.4, 0.5) is 0 Å². The fourth-order valence-corrected chi connectivity index (χ4v) is 3.50. The molecule has 0 saturated carbocycles. The largest absolute Gasteiger partial charge is 0.352 e. The Bertz CT molecular complexity index is 832. The highest BCUT2D eigenvalue weighted by Crippen LogP contribution is 2.16. The lowest BCUT2D eigenvalue weighted by Gasteiger charge is -2.11. The zero-order chi connectivity index (χ0) is 17.7. The van der Waals surface area contributed by atoms with Crippen molar-refractivity contribution in [3.63, 3.8) is 0 Å². The van der Waals surface area contributed by atoms with Crippen molar-refractivity contribution in [3.8, 4) is 0 Å². The second kappa shape index (κ2) is 9.46. The Morgan fingerprint density at radius 1 is 1.20 bits per heavy atom. The van der Waals surface area contributed by atoms with Crippen LogP contribution in [0.15, 0.2) is 34.2 Å². The van der Waals surface area contributed by atoms with E-state index < -0.39 is 10.0 Å². The molecule has 0 fully saturated rings. The molecule has 0 aliphatic rings. The zero-order valence-corrected chi connectivity index (χ0v) is 18.2. The van der Waals surface area contributed by atoms with Crippen molar-refractivity contribution in [2.45, 2.75) is 31.8 Å². The highest BCUT2D eigenvalue weighted by molar-refractivity contribution is 14.0. The molecular formula is C15H22IN5O2S2. The van der Waals surface area contributed by atoms with Gasteiger partial charge in [-0.3, -0.25) is 4.99 Å². The van der Waals surface area contributed by atoms with E-state index in [1.54, 1.807) is 30.5 Å². The van der Waals surface area contributed by atoms with Crippen LogP contribution in [0.2, 0.25) is 0 Å². The minimum atomic E-state index is -3.66. The Morgan fingerprint density at radius 3 is 2.28 bits per heavy atom. The fourth-order valence-electron chi connectivity index (χ4n) is 2.10. The van der Waals surface area contributed by atoms with Crippen LogP contribution in [0, 0.1) is 13.8 Å². The number of hydrogen-bond donors (Lipinski definition) is 3. The number of nitrogens with one attached hydrogen (secondary N) is 2. The summed E-state index contributed by atoms with van der Waals surface area (Å²) < 4.78 is 22.5. The van der Waals surface area contributed by atoms with Crippen molar-refractivity contribution in [2.75, 3.05) is 7.05 Å². The smallest absolute Gasteiger partial charge is 0.238 e. The molecule has 1 aromatic carbocycles. The lowest BCUT2D eigenvalue weighted by molar-refractivity contribution is 0.597. The number of guanidine groups is 1. The van der Waals surface area contributed by atoms with Crippen LogP contribution in [-0.2, 0) is 23.1 Å². The van der Waals surface area contributed by atoms with Crippen LogP contribution in [0.5, 0.6) is 0 Å². The summed E-state index contributed by atoms with van der Waals surface area (Å²) in [5, 5.41) is 12.5. The average Bonchev–Trinajstić information content (AvgIpc) is 2.85. The van der Waals surface area contributed by atoms with Gasteiger partial charge in [0.2, 0.25) is 10.0 Å². The van der Waals surface area contributed by atoms with Gasteiger partial charge in [-0.25, -0.2) is 18.5 Å². The van der Waals surface area contributed by atoms with Crippen LogP contribution in [0.25, 0.3) is 0 Å². The molecular weight excluding hydrogens is 473 g/mol. The summed E-state index contributed by atoms with van der Waals surface area (Å²) in [6.45, 7) is 5.15. The summed E-state index contributed by atoms with van der Waals surface area (Å²) in [5.74, 6) is 0.663. The van der Waals surface area contributed by atoms with Gasteiger partial charge in [0, 0.05) is 18.5 Å². The first kappa shape index (κ1) is 21.8. The molecule has 7 nitrogen and oxygen atoms in total. The Balaban J connectivity index is 0.00000312. The Hall–Kier alpha value is -1.24. The third-order valence-electron chi connectivity index (χ3n) is 3.35. The number of nitrogens with zero attached hydrogens (tertiary/aromatic N) is 2. The van der Waals surface area contributed by atoms with E-state index in [9.17, 15) is 8.42 Å². The highest BCUT2D eigenvalue weighted by Gasteiger charge is 2.08. The van der Waals surface area contributed by atoms with Crippen molar-refractivity contribution in [1.29, 1.82) is 0 Å². The van der Waals surface area contributed by atoms with E-state index in [0.29, 0.717) is 19.0 Å². The zero-order valence-electron chi connectivity index (χ0n) is 14.2. The molecule has 0 aliphatic heterocycles. The summed E-state index contributed by atoms with van der Waals surface area (Å²) in [6, 6.07) is 6.42. The Kier molecular flexibility index (Phi) is 8.25. The van der Waals surface area contributed by atoms with Crippen molar-refractivity contribution in [2.24, 2.45) is 10.1 Å². The summed E-state index contributed by atoms with van der Waals surface area (Å²) in [6.07, 6.45) is 0. The molecule has 0 aliphatic carbocycles. The molecule has 2 rings (SSSR count). The molecule has 0 saturated heterocycles. The number of aliphatic imine (C=N–C) groups is 1. The number of aryl methyl sites for hydroxylation is 2. The normalized spacial score (nSPS) is 11.8. The van der Waals surface area contributed by atoms with Crippen molar-refractivity contribution in [1.82, 2.24) is 15.6 Å². The van der Waals surface area contributed by atoms with Gasteiger partial charge in [-0.05, 0) is 31.5 Å². The van der Waals surface area contributed by atoms with E-state index in [1.807, 2.05) is 13.8 Å². The maximum atomic E-state index is 11.2. The number of aromatic nitrogens is 1. The number of hydrogen-bond acceptors (Lipinski definition) is 5. The van der Waals surface area contributed by atoms with E-state index in [-0.39, 0.29) is 28.9 Å². The molecule has 1 aromatic heterocycles. The predicted molar refractivity (Wildman–Crippen MR) is 112 cm³/mol. The van der Waals surface area contributed by atoms with Crippen molar-refractivity contribution < 1.29 is 8.42 Å². The number of rotatable bonds is 5. The van der Waals surface area contributed by atoms with Crippen LogP contribution < -0.4 is 15.8 Å². The molecule has 10 heteroatoms. The number of thiazole rings is 1. The monoisotopic (exact) mass is 495 g/mol. The first-order chi connectivity index (χ1) is 11.3. The van der Waals surface area contributed by atoms with E-state index in [1.165, 1.54) is 17.0 Å². The molecule has 2 aromatic rings. The van der Waals surface area contributed by atoms with Gasteiger partial charge in [0.05, 0.1) is 22.1 Å². The fraction of sp³-hybridized carbons (Fsp3) is 0.333. The summed E-state index contributed by atoms with van der Waals surface area (Å²) in [5.41, 5.74) is 1.95. The molecule has 0 unspecified atom stereocenters. The van der Waals surface area contributed by atoms with Gasteiger partial charge in [0.25, 0.3) is 0 Å². The first-order valence-corrected chi connectivity index (χ1v) is 9.65. The second-order valence-corrected chi connectivity index (χ2v) is 8.06. The minimum Gasteiger partial charge on any atom is -0.352 e. The van der Waals surface area contributed by atoms with Gasteiger partial charge < -0.3 is 10.6 Å². The number of benzene rings is 1. The van der Waals surface area contributed by atoms with E-state index >= 15 is 0 Å². The summed E-state index contributed by atoms with van der Waals surface area (Å²) in [7, 11) is -1.96. The molecule has 138 valence electrons. The Labute approximate surface area is 169 Å². The van der Waals surface area contributed by atoms with E-state index in [0.717, 1.165) is 16.3 Å². The topological polar surface area (TPSA) is 109 Å². The second-order valence-electron chi connectivity index (χ2n) is 5.21. The lowest BCUT2D eigenvalue weighted by atomic mass is 10.2. The van der Waals surface area contributed by atoms with Gasteiger partial charge in [-0.2, -0.15) is 0 Å². The van der Waals surface area contributed by atoms with Crippen molar-refractivity contribution in [3.05, 3.63) is 45.4 Å². The molecule has 1 heterocycles. The quantitative estimate of drug-likeness (QED) is 0.334. The van der Waals surface area contributed by atoms with Crippen LogP contribution in [0.3, 0.4) is 0 Å². The number of halogens is 1. The third kappa shape index (κ3) is 6.53. The van der Waals surface area contributed by atoms with Crippen LogP contribution >= 0.6 is 35.3 Å². The predicted octanol–water partition coefficient (Wildman–Crippen LogP) is 1.89.